The number of amides is 1. The second kappa shape index (κ2) is 7.50. The van der Waals surface area contributed by atoms with Crippen molar-refractivity contribution in [1.82, 2.24) is 4.90 Å². The van der Waals surface area contributed by atoms with Crippen molar-refractivity contribution in [3.8, 4) is 0 Å². The van der Waals surface area contributed by atoms with Gasteiger partial charge in [0, 0.05) is 19.6 Å². The second-order valence-electron chi connectivity index (χ2n) is 5.32. The highest BCUT2D eigenvalue weighted by Crippen LogP contribution is 2.35. The van der Waals surface area contributed by atoms with Crippen LogP contribution in [0, 0.1) is 11.3 Å². The number of alkyl halides is 3. The van der Waals surface area contributed by atoms with Crippen molar-refractivity contribution >= 4 is 18.3 Å². The van der Waals surface area contributed by atoms with E-state index >= 15 is 0 Å². The monoisotopic (exact) mass is 316 g/mol. The molecule has 0 aromatic heterocycles. The van der Waals surface area contributed by atoms with Crippen LogP contribution in [0.4, 0.5) is 13.2 Å². The molecule has 0 spiro atoms. The molecular formula is C13H24ClF3N2O. The third-order valence-electron chi connectivity index (χ3n) is 4.37. The molecule has 1 fully saturated rings. The van der Waals surface area contributed by atoms with Gasteiger partial charge < -0.3 is 10.6 Å². The number of nitrogens with zero attached hydrogens (tertiary/aromatic N) is 1. The quantitative estimate of drug-likeness (QED) is 0.866. The highest BCUT2D eigenvalue weighted by molar-refractivity contribution is 5.85. The molecule has 1 aliphatic heterocycles. The first-order chi connectivity index (χ1) is 8.80. The van der Waals surface area contributed by atoms with E-state index in [1.54, 1.807) is 0 Å². The van der Waals surface area contributed by atoms with Crippen LogP contribution in [-0.4, -0.2) is 36.6 Å². The number of hydrogen-bond donors (Lipinski definition) is 1. The molecule has 3 nitrogen and oxygen atoms in total. The number of rotatable bonds is 4. The summed E-state index contributed by atoms with van der Waals surface area (Å²) in [7, 11) is 0. The molecule has 0 aliphatic carbocycles. The van der Waals surface area contributed by atoms with Gasteiger partial charge in [-0.25, -0.2) is 0 Å². The lowest BCUT2D eigenvalue weighted by atomic mass is 9.80. The fourth-order valence-electron chi connectivity index (χ4n) is 2.69. The van der Waals surface area contributed by atoms with Gasteiger partial charge in [-0.2, -0.15) is 13.2 Å². The number of carbonyl (C=O) groups is 1. The Morgan fingerprint density at radius 2 is 1.85 bits per heavy atom. The number of hydrogen-bond acceptors (Lipinski definition) is 2. The lowest BCUT2D eigenvalue weighted by Gasteiger charge is -2.40. The summed E-state index contributed by atoms with van der Waals surface area (Å²) in [5.41, 5.74) is 4.99. The van der Waals surface area contributed by atoms with E-state index in [-0.39, 0.29) is 37.8 Å². The van der Waals surface area contributed by atoms with Crippen LogP contribution < -0.4 is 5.73 Å². The van der Waals surface area contributed by atoms with Crippen LogP contribution in [0.25, 0.3) is 0 Å². The van der Waals surface area contributed by atoms with Crippen LogP contribution in [0.5, 0.6) is 0 Å². The topological polar surface area (TPSA) is 46.3 Å². The van der Waals surface area contributed by atoms with E-state index in [0.29, 0.717) is 25.8 Å². The van der Waals surface area contributed by atoms with Gasteiger partial charge in [0.15, 0.2) is 0 Å². The Labute approximate surface area is 124 Å². The molecule has 1 saturated heterocycles. The van der Waals surface area contributed by atoms with Gasteiger partial charge in [0.05, 0.1) is 11.3 Å². The first kappa shape index (κ1) is 19.5. The van der Waals surface area contributed by atoms with E-state index in [0.717, 1.165) is 0 Å². The van der Waals surface area contributed by atoms with Crippen molar-refractivity contribution in [2.45, 2.75) is 45.7 Å². The summed E-state index contributed by atoms with van der Waals surface area (Å²) < 4.78 is 38.3. The molecule has 0 aromatic rings. The summed E-state index contributed by atoms with van der Waals surface area (Å²) in [4.78, 5) is 13.8. The maximum absolute atomic E-state index is 12.8. The van der Waals surface area contributed by atoms with Crippen LogP contribution in [0.15, 0.2) is 0 Å². The van der Waals surface area contributed by atoms with E-state index in [1.165, 1.54) is 4.90 Å². The van der Waals surface area contributed by atoms with Crippen molar-refractivity contribution in [2.24, 2.45) is 17.1 Å². The second-order valence-corrected chi connectivity index (χ2v) is 5.32. The van der Waals surface area contributed by atoms with E-state index < -0.39 is 17.5 Å². The van der Waals surface area contributed by atoms with E-state index in [2.05, 4.69) is 0 Å². The molecule has 1 rings (SSSR count). The van der Waals surface area contributed by atoms with Gasteiger partial charge in [-0.05, 0) is 25.7 Å². The first-order valence-electron chi connectivity index (χ1n) is 6.87. The van der Waals surface area contributed by atoms with Crippen molar-refractivity contribution in [3.05, 3.63) is 0 Å². The third kappa shape index (κ3) is 4.01. The lowest BCUT2D eigenvalue weighted by Crippen LogP contribution is -2.52. The number of nitrogens with two attached hydrogens (primary N) is 1. The van der Waals surface area contributed by atoms with Gasteiger partial charge in [-0.3, -0.25) is 4.79 Å². The molecule has 2 N–H and O–H groups in total. The molecule has 1 heterocycles. The zero-order valence-electron chi connectivity index (χ0n) is 12.0. The smallest absolute Gasteiger partial charge is 0.342 e. The largest absolute Gasteiger partial charge is 0.393 e. The molecular weight excluding hydrogens is 293 g/mol. The van der Waals surface area contributed by atoms with Crippen molar-refractivity contribution < 1.29 is 18.0 Å². The summed E-state index contributed by atoms with van der Waals surface area (Å²) in [5, 5.41) is 0. The maximum atomic E-state index is 12.8. The Hall–Kier alpha value is -0.490. The lowest BCUT2D eigenvalue weighted by molar-refractivity contribution is -0.189. The Morgan fingerprint density at radius 3 is 2.25 bits per heavy atom. The van der Waals surface area contributed by atoms with Gasteiger partial charge in [0.25, 0.3) is 0 Å². The highest BCUT2D eigenvalue weighted by Gasteiger charge is 2.45. The SMILES string of the molecule is CCC(CC)(CN)C(=O)N1CCCC(C(F)(F)F)C1.Cl. The van der Waals surface area contributed by atoms with Crippen LogP contribution in [0.3, 0.4) is 0 Å². The molecule has 1 amide bonds. The molecule has 1 unspecified atom stereocenters. The predicted molar refractivity (Wildman–Crippen MR) is 74.7 cm³/mol. The summed E-state index contributed by atoms with van der Waals surface area (Å²) in [5.74, 6) is -1.61. The molecule has 1 atom stereocenters. The first-order valence-corrected chi connectivity index (χ1v) is 6.87. The predicted octanol–water partition coefficient (Wildman–Crippen LogP) is 2.97. The van der Waals surface area contributed by atoms with Crippen molar-refractivity contribution in [2.75, 3.05) is 19.6 Å². The minimum Gasteiger partial charge on any atom is -0.342 e. The van der Waals surface area contributed by atoms with E-state index in [9.17, 15) is 18.0 Å². The molecule has 20 heavy (non-hydrogen) atoms. The Kier molecular flexibility index (Phi) is 7.32. The zero-order chi connectivity index (χ0) is 14.7. The van der Waals surface area contributed by atoms with Crippen LogP contribution in [0.2, 0.25) is 0 Å². The Morgan fingerprint density at radius 1 is 1.30 bits per heavy atom. The Balaban J connectivity index is 0.00000361. The number of likely N-dealkylation sites (tertiary alicyclic amines) is 1. The molecule has 120 valence electrons. The van der Waals surface area contributed by atoms with Crippen LogP contribution >= 0.6 is 12.4 Å². The third-order valence-corrected chi connectivity index (χ3v) is 4.37. The highest BCUT2D eigenvalue weighted by atomic mass is 35.5. The molecule has 7 heteroatoms. The van der Waals surface area contributed by atoms with E-state index in [4.69, 9.17) is 5.73 Å². The van der Waals surface area contributed by atoms with Gasteiger partial charge >= 0.3 is 6.18 Å². The number of carbonyl (C=O) groups excluding carboxylic acids is 1. The summed E-state index contributed by atoms with van der Waals surface area (Å²) in [6.07, 6.45) is -2.58. The van der Waals surface area contributed by atoms with Crippen molar-refractivity contribution in [1.29, 1.82) is 0 Å². The number of halogens is 4. The standard InChI is InChI=1S/C13H23F3N2O.ClH/c1-3-12(4-2,9-17)11(19)18-7-5-6-10(8-18)13(14,15)16;/h10H,3-9,17H2,1-2H3;1H. The Bertz CT molecular complexity index is 311. The molecule has 0 bridgehead atoms. The molecule has 0 saturated carbocycles. The number of piperidine rings is 1. The fourth-order valence-corrected chi connectivity index (χ4v) is 2.69. The van der Waals surface area contributed by atoms with E-state index in [1.807, 2.05) is 13.8 Å². The average Bonchev–Trinajstić information content (AvgIpc) is 2.40. The summed E-state index contributed by atoms with van der Waals surface area (Å²) >= 11 is 0. The van der Waals surface area contributed by atoms with Gasteiger partial charge in [-0.1, -0.05) is 13.8 Å². The van der Waals surface area contributed by atoms with Crippen molar-refractivity contribution in [3.63, 3.8) is 0 Å². The average molecular weight is 317 g/mol. The fraction of sp³-hybridized carbons (Fsp3) is 0.923. The van der Waals surface area contributed by atoms with Crippen LogP contribution in [-0.2, 0) is 4.79 Å². The maximum Gasteiger partial charge on any atom is 0.393 e. The molecule has 1 aliphatic rings. The summed E-state index contributed by atoms with van der Waals surface area (Å²) in [6, 6.07) is 0. The zero-order valence-corrected chi connectivity index (χ0v) is 12.8. The van der Waals surface area contributed by atoms with Gasteiger partial charge in [0.2, 0.25) is 5.91 Å². The minimum absolute atomic E-state index is 0. The van der Waals surface area contributed by atoms with Gasteiger partial charge in [-0.15, -0.1) is 12.4 Å². The molecule has 0 radical (unpaired) electrons. The molecule has 0 aromatic carbocycles. The van der Waals surface area contributed by atoms with Crippen LogP contribution in [0.1, 0.15) is 39.5 Å². The normalized spacial score (nSPS) is 20.5. The van der Waals surface area contributed by atoms with Gasteiger partial charge in [0.1, 0.15) is 0 Å². The summed E-state index contributed by atoms with van der Waals surface area (Å²) in [6.45, 7) is 4.10. The minimum atomic E-state index is -4.22.